The van der Waals surface area contributed by atoms with Crippen LogP contribution in [0.3, 0.4) is 0 Å². The lowest BCUT2D eigenvalue weighted by Crippen LogP contribution is -2.31. The maximum absolute atomic E-state index is 14.0. The second-order valence-corrected chi connectivity index (χ2v) is 6.51. The third kappa shape index (κ3) is 6.58. The molecule has 1 aromatic carbocycles. The van der Waals surface area contributed by atoms with Gasteiger partial charge >= 0.3 is 0 Å². The molecule has 0 unspecified atom stereocenters. The maximum Gasteiger partial charge on any atom is 0.127 e. The normalized spacial score (nSPS) is 11.9. The molecule has 0 atom stereocenters. The van der Waals surface area contributed by atoms with Gasteiger partial charge in [0, 0.05) is 24.7 Å². The van der Waals surface area contributed by atoms with Gasteiger partial charge in [-0.15, -0.1) is 0 Å². The number of hydrogen-bond acceptors (Lipinski definition) is 2. The molecule has 0 aliphatic carbocycles. The molecule has 0 amide bonds. The largest absolute Gasteiger partial charge is 0.312 e. The van der Waals surface area contributed by atoms with Crippen molar-refractivity contribution in [2.45, 2.75) is 60.2 Å². The zero-order valence-electron chi connectivity index (χ0n) is 14.2. The smallest absolute Gasteiger partial charge is 0.127 e. The zero-order valence-corrected chi connectivity index (χ0v) is 14.2. The quantitative estimate of drug-likeness (QED) is 0.734. The van der Waals surface area contributed by atoms with E-state index in [4.69, 9.17) is 0 Å². The highest BCUT2D eigenvalue weighted by Gasteiger charge is 2.12. The van der Waals surface area contributed by atoms with Gasteiger partial charge in [-0.2, -0.15) is 0 Å². The predicted octanol–water partition coefficient (Wildman–Crippen LogP) is 4.19. The van der Waals surface area contributed by atoms with Crippen molar-refractivity contribution in [3.8, 4) is 0 Å². The summed E-state index contributed by atoms with van der Waals surface area (Å²) in [5, 5.41) is 3.41. The van der Waals surface area contributed by atoms with Gasteiger partial charge in [0.25, 0.3) is 0 Å². The fourth-order valence-corrected chi connectivity index (χ4v) is 2.39. The molecule has 21 heavy (non-hydrogen) atoms. The van der Waals surface area contributed by atoms with E-state index >= 15 is 0 Å². The lowest BCUT2D eigenvalue weighted by atomic mass is 10.1. The zero-order chi connectivity index (χ0) is 15.8. The summed E-state index contributed by atoms with van der Waals surface area (Å²) < 4.78 is 14.0. The van der Waals surface area contributed by atoms with Gasteiger partial charge in [-0.3, -0.25) is 4.90 Å². The Bertz CT molecular complexity index is 416. The highest BCUT2D eigenvalue weighted by Crippen LogP contribution is 2.15. The van der Waals surface area contributed by atoms with Crippen LogP contribution in [0.1, 0.15) is 52.2 Å². The first-order valence-electron chi connectivity index (χ1n) is 8.16. The molecule has 0 bridgehead atoms. The molecule has 0 fully saturated rings. The summed E-state index contributed by atoms with van der Waals surface area (Å²) in [5.41, 5.74) is 1.97. The van der Waals surface area contributed by atoms with Crippen molar-refractivity contribution in [2.24, 2.45) is 5.92 Å². The standard InChI is InChI=1S/C18H31FN2/c1-6-9-21(15(4)5)13-17-10-16(7-8-18(17)19)12-20-11-14(2)3/h7-8,10,14-15,20H,6,9,11-13H2,1-5H3. The minimum atomic E-state index is -0.0932. The average molecular weight is 294 g/mol. The maximum atomic E-state index is 14.0. The molecule has 0 aliphatic rings. The van der Waals surface area contributed by atoms with Gasteiger partial charge in [0.2, 0.25) is 0 Å². The van der Waals surface area contributed by atoms with Crippen molar-refractivity contribution >= 4 is 0 Å². The Balaban J connectivity index is 2.72. The Kier molecular flexibility index (Phi) is 7.91. The molecule has 1 aromatic rings. The molecule has 0 aliphatic heterocycles. The van der Waals surface area contributed by atoms with Crippen LogP contribution in [0.4, 0.5) is 4.39 Å². The molecule has 3 heteroatoms. The molecule has 0 saturated carbocycles. The van der Waals surface area contributed by atoms with Crippen LogP contribution in [-0.4, -0.2) is 24.0 Å². The molecule has 1 rings (SSSR count). The highest BCUT2D eigenvalue weighted by atomic mass is 19.1. The van der Waals surface area contributed by atoms with Crippen molar-refractivity contribution in [1.29, 1.82) is 0 Å². The van der Waals surface area contributed by atoms with E-state index in [0.29, 0.717) is 18.5 Å². The molecule has 0 aromatic heterocycles. The van der Waals surface area contributed by atoms with E-state index in [2.05, 4.69) is 44.8 Å². The Hall–Kier alpha value is -0.930. The number of halogens is 1. The van der Waals surface area contributed by atoms with Crippen molar-refractivity contribution in [3.05, 3.63) is 35.1 Å². The van der Waals surface area contributed by atoms with E-state index in [9.17, 15) is 4.39 Å². The third-order valence-corrected chi connectivity index (χ3v) is 3.61. The second-order valence-electron chi connectivity index (χ2n) is 6.51. The van der Waals surface area contributed by atoms with Crippen LogP contribution in [0.2, 0.25) is 0 Å². The van der Waals surface area contributed by atoms with E-state index < -0.39 is 0 Å². The van der Waals surface area contributed by atoms with Crippen molar-refractivity contribution in [1.82, 2.24) is 10.2 Å². The molecular weight excluding hydrogens is 263 g/mol. The topological polar surface area (TPSA) is 15.3 Å². The van der Waals surface area contributed by atoms with Crippen LogP contribution >= 0.6 is 0 Å². The van der Waals surface area contributed by atoms with Crippen LogP contribution in [0.25, 0.3) is 0 Å². The molecule has 0 radical (unpaired) electrons. The fourth-order valence-electron chi connectivity index (χ4n) is 2.39. The summed E-state index contributed by atoms with van der Waals surface area (Å²) in [7, 11) is 0. The van der Waals surface area contributed by atoms with Gasteiger partial charge in [-0.05, 0) is 50.9 Å². The second kappa shape index (κ2) is 9.16. The Morgan fingerprint density at radius 3 is 2.48 bits per heavy atom. The van der Waals surface area contributed by atoms with Crippen LogP contribution in [-0.2, 0) is 13.1 Å². The van der Waals surface area contributed by atoms with Crippen molar-refractivity contribution < 1.29 is 4.39 Å². The Labute approximate surface area is 129 Å². The van der Waals surface area contributed by atoms with E-state index in [1.54, 1.807) is 6.07 Å². The summed E-state index contributed by atoms with van der Waals surface area (Å²) >= 11 is 0. The van der Waals surface area contributed by atoms with E-state index in [0.717, 1.165) is 37.2 Å². The first-order valence-corrected chi connectivity index (χ1v) is 8.16. The van der Waals surface area contributed by atoms with Crippen LogP contribution in [0.15, 0.2) is 18.2 Å². The lowest BCUT2D eigenvalue weighted by Gasteiger charge is -2.26. The highest BCUT2D eigenvalue weighted by molar-refractivity contribution is 5.25. The average Bonchev–Trinajstić information content (AvgIpc) is 2.41. The molecule has 0 spiro atoms. The minimum Gasteiger partial charge on any atom is -0.312 e. The van der Waals surface area contributed by atoms with Crippen LogP contribution < -0.4 is 5.32 Å². The first-order chi connectivity index (χ1) is 9.93. The third-order valence-electron chi connectivity index (χ3n) is 3.61. The summed E-state index contributed by atoms with van der Waals surface area (Å²) in [6.07, 6.45) is 1.09. The van der Waals surface area contributed by atoms with Gasteiger partial charge < -0.3 is 5.32 Å². The molecular formula is C18H31FN2. The van der Waals surface area contributed by atoms with Gasteiger partial charge in [0.1, 0.15) is 5.82 Å². The first kappa shape index (κ1) is 18.1. The predicted molar refractivity (Wildman–Crippen MR) is 88.8 cm³/mol. The molecule has 2 nitrogen and oxygen atoms in total. The number of nitrogens with zero attached hydrogens (tertiary/aromatic N) is 1. The van der Waals surface area contributed by atoms with Crippen molar-refractivity contribution in [3.63, 3.8) is 0 Å². The lowest BCUT2D eigenvalue weighted by molar-refractivity contribution is 0.210. The van der Waals surface area contributed by atoms with Crippen molar-refractivity contribution in [2.75, 3.05) is 13.1 Å². The summed E-state index contributed by atoms with van der Waals surface area (Å²) in [4.78, 5) is 2.32. The number of nitrogens with one attached hydrogen (secondary N) is 1. The Morgan fingerprint density at radius 1 is 1.19 bits per heavy atom. The number of rotatable bonds is 9. The molecule has 0 saturated heterocycles. The van der Waals surface area contributed by atoms with Gasteiger partial charge in [-0.1, -0.05) is 32.9 Å². The van der Waals surface area contributed by atoms with Gasteiger partial charge in [0.05, 0.1) is 0 Å². The number of benzene rings is 1. The minimum absolute atomic E-state index is 0.0932. The molecule has 0 heterocycles. The van der Waals surface area contributed by atoms with E-state index in [1.807, 2.05) is 12.1 Å². The SMILES string of the molecule is CCCN(Cc1cc(CNCC(C)C)ccc1F)C(C)C. The molecule has 120 valence electrons. The van der Waals surface area contributed by atoms with Gasteiger partial charge in [0.15, 0.2) is 0 Å². The monoisotopic (exact) mass is 294 g/mol. The van der Waals surface area contributed by atoms with E-state index in [1.165, 1.54) is 0 Å². The Morgan fingerprint density at radius 2 is 1.90 bits per heavy atom. The van der Waals surface area contributed by atoms with Crippen LogP contribution in [0, 0.1) is 11.7 Å². The van der Waals surface area contributed by atoms with Crippen LogP contribution in [0.5, 0.6) is 0 Å². The fraction of sp³-hybridized carbons (Fsp3) is 0.667. The summed E-state index contributed by atoms with van der Waals surface area (Å²) in [6, 6.07) is 5.93. The number of hydrogen-bond donors (Lipinski definition) is 1. The summed E-state index contributed by atoms with van der Waals surface area (Å²) in [6.45, 7) is 14.4. The van der Waals surface area contributed by atoms with E-state index in [-0.39, 0.29) is 5.82 Å². The summed E-state index contributed by atoms with van der Waals surface area (Å²) in [5.74, 6) is 0.537. The van der Waals surface area contributed by atoms with Gasteiger partial charge in [-0.25, -0.2) is 4.39 Å². The molecule has 1 N–H and O–H groups in total.